The number of nitrogens with zero attached hydrogens (tertiary/aromatic N) is 1. The summed E-state index contributed by atoms with van der Waals surface area (Å²) in [6.07, 6.45) is 1.09. The Kier molecular flexibility index (Phi) is 6.48. The average Bonchev–Trinajstić information content (AvgIpc) is 2.36. The zero-order valence-corrected chi connectivity index (χ0v) is 11.6. The van der Waals surface area contributed by atoms with Crippen LogP contribution >= 0.6 is 0 Å². The lowest BCUT2D eigenvalue weighted by Crippen LogP contribution is -2.46. The van der Waals surface area contributed by atoms with Crippen molar-refractivity contribution in [1.29, 1.82) is 0 Å². The van der Waals surface area contributed by atoms with Crippen LogP contribution in [-0.4, -0.2) is 60.6 Å². The van der Waals surface area contributed by atoms with Gasteiger partial charge in [-0.25, -0.2) is 5.01 Å². The first-order valence-corrected chi connectivity index (χ1v) is 8.39. The van der Waals surface area contributed by atoms with E-state index in [-0.39, 0.29) is 0 Å². The van der Waals surface area contributed by atoms with Crippen molar-refractivity contribution in [2.75, 3.05) is 47.1 Å². The molecule has 6 heteroatoms. The topological polar surface area (TPSA) is 43.0 Å². The van der Waals surface area contributed by atoms with Crippen molar-refractivity contribution in [3.05, 3.63) is 0 Å². The van der Waals surface area contributed by atoms with Gasteiger partial charge in [0.25, 0.3) is 0 Å². The number of nitrogens with one attached hydrogen (secondary N) is 1. The molecule has 0 radical (unpaired) electrons. The summed E-state index contributed by atoms with van der Waals surface area (Å²) in [4.78, 5) is 0. The van der Waals surface area contributed by atoms with Gasteiger partial charge in [-0.3, -0.25) is 5.43 Å². The van der Waals surface area contributed by atoms with Crippen molar-refractivity contribution < 1.29 is 13.6 Å². The minimum atomic E-state index is -1.87. The van der Waals surface area contributed by atoms with Gasteiger partial charge < -0.3 is 13.6 Å². The van der Waals surface area contributed by atoms with Crippen LogP contribution in [0.1, 0.15) is 6.42 Å². The van der Waals surface area contributed by atoms with Gasteiger partial charge >= 0.3 is 8.56 Å². The zero-order valence-electron chi connectivity index (χ0n) is 10.6. The number of hydrogen-bond donors (Lipinski definition) is 1. The molecule has 0 atom stereocenters. The van der Waals surface area contributed by atoms with Crippen LogP contribution in [0.15, 0.2) is 0 Å². The number of morpholine rings is 1. The molecular weight excluding hydrogens is 224 g/mol. The van der Waals surface area contributed by atoms with Gasteiger partial charge in [-0.2, -0.15) is 0 Å². The van der Waals surface area contributed by atoms with Crippen LogP contribution in [0, 0.1) is 0 Å². The summed E-state index contributed by atoms with van der Waals surface area (Å²) >= 11 is 0. The van der Waals surface area contributed by atoms with Gasteiger partial charge in [-0.1, -0.05) is 0 Å². The van der Waals surface area contributed by atoms with E-state index >= 15 is 0 Å². The molecule has 0 aromatic rings. The predicted molar refractivity (Wildman–Crippen MR) is 65.5 cm³/mol. The highest BCUT2D eigenvalue weighted by atomic mass is 28.4. The number of rotatable bonds is 7. The molecule has 0 bridgehead atoms. The molecule has 0 aliphatic carbocycles. The van der Waals surface area contributed by atoms with Gasteiger partial charge in [0.15, 0.2) is 0 Å². The second-order valence-electron chi connectivity index (χ2n) is 4.15. The van der Waals surface area contributed by atoms with Gasteiger partial charge in [0.1, 0.15) is 0 Å². The van der Waals surface area contributed by atoms with Crippen LogP contribution in [0.4, 0.5) is 0 Å². The molecule has 1 aliphatic rings. The number of ether oxygens (including phenoxy) is 1. The van der Waals surface area contributed by atoms with E-state index < -0.39 is 8.56 Å². The zero-order chi connectivity index (χ0) is 11.9. The third kappa shape index (κ3) is 4.90. The second kappa shape index (κ2) is 7.36. The molecule has 1 saturated heterocycles. The third-order valence-electron chi connectivity index (χ3n) is 3.02. The summed E-state index contributed by atoms with van der Waals surface area (Å²) < 4.78 is 16.1. The van der Waals surface area contributed by atoms with E-state index in [1.165, 1.54) is 0 Å². The smallest absolute Gasteiger partial charge is 0.334 e. The van der Waals surface area contributed by atoms with Gasteiger partial charge in [-0.15, -0.1) is 0 Å². The molecule has 0 amide bonds. The first-order valence-electron chi connectivity index (χ1n) is 5.87. The third-order valence-corrected chi connectivity index (χ3v) is 6.01. The van der Waals surface area contributed by atoms with Crippen LogP contribution in [0.2, 0.25) is 12.6 Å². The van der Waals surface area contributed by atoms with Crippen molar-refractivity contribution in [1.82, 2.24) is 10.4 Å². The van der Waals surface area contributed by atoms with Gasteiger partial charge in [0.2, 0.25) is 0 Å². The maximum atomic E-state index is 5.43. The van der Waals surface area contributed by atoms with Gasteiger partial charge in [-0.05, 0) is 19.0 Å². The monoisotopic (exact) mass is 248 g/mol. The van der Waals surface area contributed by atoms with Crippen molar-refractivity contribution in [3.8, 4) is 0 Å². The quantitative estimate of drug-likeness (QED) is 0.527. The molecule has 0 saturated carbocycles. The molecule has 1 N–H and O–H groups in total. The highest BCUT2D eigenvalue weighted by molar-refractivity contribution is 6.65. The van der Waals surface area contributed by atoms with Crippen molar-refractivity contribution >= 4 is 8.56 Å². The van der Waals surface area contributed by atoms with Gasteiger partial charge in [0.05, 0.1) is 13.2 Å². The first-order chi connectivity index (χ1) is 7.70. The largest absolute Gasteiger partial charge is 0.398 e. The van der Waals surface area contributed by atoms with E-state index in [0.29, 0.717) is 0 Å². The predicted octanol–water partition coefficient (Wildman–Crippen LogP) is 0.578. The number of hydrazine groups is 1. The minimum absolute atomic E-state index is 0.829. The fourth-order valence-corrected chi connectivity index (χ4v) is 3.05. The molecule has 1 heterocycles. The molecular formula is C10H24N2O3Si. The van der Waals surface area contributed by atoms with E-state index in [0.717, 1.165) is 45.3 Å². The van der Waals surface area contributed by atoms with E-state index in [1.54, 1.807) is 14.2 Å². The summed E-state index contributed by atoms with van der Waals surface area (Å²) in [6, 6.07) is 1.03. The molecule has 1 aliphatic heterocycles. The molecule has 0 aromatic heterocycles. The van der Waals surface area contributed by atoms with Crippen molar-refractivity contribution in [3.63, 3.8) is 0 Å². The molecule has 96 valence electrons. The Morgan fingerprint density at radius 2 is 1.88 bits per heavy atom. The highest BCUT2D eigenvalue weighted by Gasteiger charge is 2.27. The fraction of sp³-hybridized carbons (Fsp3) is 1.00. The lowest BCUT2D eigenvalue weighted by Gasteiger charge is -2.28. The molecule has 0 unspecified atom stereocenters. The molecule has 0 aromatic carbocycles. The van der Waals surface area contributed by atoms with Crippen LogP contribution in [0.5, 0.6) is 0 Å². The SMILES string of the molecule is CO[Si](C)(CCCNN1CCOCC1)OC. The molecule has 0 spiro atoms. The lowest BCUT2D eigenvalue weighted by atomic mass is 10.5. The molecule has 5 nitrogen and oxygen atoms in total. The Morgan fingerprint density at radius 3 is 2.44 bits per heavy atom. The maximum Gasteiger partial charge on any atom is 0.334 e. The first kappa shape index (κ1) is 14.1. The fourth-order valence-electron chi connectivity index (χ4n) is 1.66. The van der Waals surface area contributed by atoms with Crippen LogP contribution < -0.4 is 5.43 Å². The summed E-state index contributed by atoms with van der Waals surface area (Å²) in [5.41, 5.74) is 3.41. The van der Waals surface area contributed by atoms with Gasteiger partial charge in [0, 0.05) is 33.9 Å². The summed E-state index contributed by atoms with van der Waals surface area (Å²) in [5, 5.41) is 2.22. The van der Waals surface area contributed by atoms with Crippen LogP contribution in [0.25, 0.3) is 0 Å². The normalized spacial score (nSPS) is 18.9. The highest BCUT2D eigenvalue weighted by Crippen LogP contribution is 2.12. The Bertz CT molecular complexity index is 185. The van der Waals surface area contributed by atoms with Crippen LogP contribution in [-0.2, 0) is 13.6 Å². The lowest BCUT2D eigenvalue weighted by molar-refractivity contribution is 0.0121. The Morgan fingerprint density at radius 1 is 1.25 bits per heavy atom. The molecule has 1 rings (SSSR count). The Balaban J connectivity index is 2.06. The Labute approximate surface area is 99.3 Å². The van der Waals surface area contributed by atoms with Crippen molar-refractivity contribution in [2.24, 2.45) is 0 Å². The summed E-state index contributed by atoms with van der Waals surface area (Å²) in [7, 11) is 1.62. The standard InChI is InChI=1S/C10H24N2O3Si/c1-13-16(3,14-2)10-4-5-11-12-6-8-15-9-7-12/h11H,4-10H2,1-3H3. The summed E-state index contributed by atoms with van der Waals surface area (Å²) in [6.45, 7) is 6.69. The average molecular weight is 248 g/mol. The van der Waals surface area contributed by atoms with E-state index in [2.05, 4.69) is 17.0 Å². The maximum absolute atomic E-state index is 5.43. The van der Waals surface area contributed by atoms with Crippen molar-refractivity contribution in [2.45, 2.75) is 19.0 Å². The Hall–Kier alpha value is 0.0169. The van der Waals surface area contributed by atoms with E-state index in [9.17, 15) is 0 Å². The summed E-state index contributed by atoms with van der Waals surface area (Å²) in [5.74, 6) is 0. The second-order valence-corrected chi connectivity index (χ2v) is 7.74. The molecule has 16 heavy (non-hydrogen) atoms. The van der Waals surface area contributed by atoms with E-state index in [1.807, 2.05) is 0 Å². The number of hydrogen-bond acceptors (Lipinski definition) is 5. The molecule has 1 fully saturated rings. The van der Waals surface area contributed by atoms with Crippen LogP contribution in [0.3, 0.4) is 0 Å². The minimum Gasteiger partial charge on any atom is -0.398 e. The van der Waals surface area contributed by atoms with E-state index in [4.69, 9.17) is 13.6 Å².